The predicted octanol–water partition coefficient (Wildman–Crippen LogP) is 1.47. The minimum Gasteiger partial charge on any atom is -0.390 e. The van der Waals surface area contributed by atoms with Gasteiger partial charge in [0.2, 0.25) is 0 Å². The van der Waals surface area contributed by atoms with E-state index in [9.17, 15) is 5.11 Å². The number of hydrogen-bond donors (Lipinski definition) is 2. The molecule has 0 bridgehead atoms. The first-order valence-corrected chi connectivity index (χ1v) is 6.55. The van der Waals surface area contributed by atoms with Crippen LogP contribution in [0.3, 0.4) is 0 Å². The molecule has 16 heavy (non-hydrogen) atoms. The second-order valence-electron chi connectivity index (χ2n) is 6.07. The molecule has 0 aromatic heterocycles. The number of nitrogens with one attached hydrogen (secondary N) is 1. The van der Waals surface area contributed by atoms with Gasteiger partial charge in [-0.3, -0.25) is 4.90 Å². The van der Waals surface area contributed by atoms with Gasteiger partial charge in [-0.25, -0.2) is 0 Å². The maximum atomic E-state index is 9.95. The Kier molecular flexibility index (Phi) is 5.22. The van der Waals surface area contributed by atoms with Crippen molar-refractivity contribution in [3.63, 3.8) is 0 Å². The fraction of sp³-hybridized carbons (Fsp3) is 1.00. The molecule has 0 saturated carbocycles. The summed E-state index contributed by atoms with van der Waals surface area (Å²) in [6.07, 6.45) is 2.27. The lowest BCUT2D eigenvalue weighted by Gasteiger charge is -2.33. The van der Waals surface area contributed by atoms with Gasteiger partial charge in [-0.15, -0.1) is 0 Å². The van der Waals surface area contributed by atoms with E-state index in [1.54, 1.807) is 0 Å². The van der Waals surface area contributed by atoms with Crippen molar-refractivity contribution in [2.75, 3.05) is 26.2 Å². The van der Waals surface area contributed by atoms with Crippen molar-refractivity contribution < 1.29 is 5.11 Å². The van der Waals surface area contributed by atoms with E-state index >= 15 is 0 Å². The maximum Gasteiger partial charge on any atom is 0.0791 e. The van der Waals surface area contributed by atoms with E-state index in [1.165, 1.54) is 12.8 Å². The van der Waals surface area contributed by atoms with Crippen LogP contribution < -0.4 is 5.32 Å². The van der Waals surface area contributed by atoms with Crippen LogP contribution in [0, 0.1) is 5.92 Å². The molecule has 1 heterocycles. The molecule has 2 N–H and O–H groups in total. The highest BCUT2D eigenvalue weighted by molar-refractivity contribution is 4.89. The van der Waals surface area contributed by atoms with Gasteiger partial charge in [0.15, 0.2) is 0 Å². The predicted molar refractivity (Wildman–Crippen MR) is 68.6 cm³/mol. The monoisotopic (exact) mass is 228 g/mol. The van der Waals surface area contributed by atoms with Crippen LogP contribution in [-0.4, -0.2) is 47.8 Å². The van der Waals surface area contributed by atoms with Gasteiger partial charge in [0.05, 0.1) is 6.10 Å². The molecule has 0 spiro atoms. The Morgan fingerprint density at radius 2 is 2.00 bits per heavy atom. The van der Waals surface area contributed by atoms with Gasteiger partial charge in [-0.2, -0.15) is 0 Å². The molecule has 1 saturated heterocycles. The topological polar surface area (TPSA) is 35.5 Å². The highest BCUT2D eigenvalue weighted by atomic mass is 16.3. The van der Waals surface area contributed by atoms with Crippen molar-refractivity contribution in [2.24, 2.45) is 5.92 Å². The molecular weight excluding hydrogens is 200 g/mol. The van der Waals surface area contributed by atoms with Gasteiger partial charge >= 0.3 is 0 Å². The Balaban J connectivity index is 2.21. The summed E-state index contributed by atoms with van der Waals surface area (Å²) in [6.45, 7) is 12.5. The van der Waals surface area contributed by atoms with Crippen molar-refractivity contribution in [1.29, 1.82) is 0 Å². The summed E-state index contributed by atoms with van der Waals surface area (Å²) in [5.74, 6) is 0.649. The fourth-order valence-corrected chi connectivity index (χ4v) is 2.36. The summed E-state index contributed by atoms with van der Waals surface area (Å²) in [5, 5.41) is 13.3. The number of hydrogen-bond acceptors (Lipinski definition) is 3. The second-order valence-corrected chi connectivity index (χ2v) is 6.07. The average molecular weight is 228 g/mol. The third kappa shape index (κ3) is 4.40. The zero-order valence-corrected chi connectivity index (χ0v) is 11.3. The number of aliphatic hydroxyl groups excluding tert-OH is 1. The number of β-amino-alcohol motifs (C(OH)–C–C–N with tert-alkyl or cyclic N) is 1. The van der Waals surface area contributed by atoms with E-state index < -0.39 is 0 Å². The molecule has 96 valence electrons. The summed E-state index contributed by atoms with van der Waals surface area (Å²) in [7, 11) is 0. The van der Waals surface area contributed by atoms with Crippen LogP contribution >= 0.6 is 0 Å². The first-order chi connectivity index (χ1) is 7.42. The average Bonchev–Trinajstić information content (AvgIpc) is 2.45. The van der Waals surface area contributed by atoms with Gasteiger partial charge in [0.25, 0.3) is 0 Å². The minimum atomic E-state index is -0.240. The molecule has 0 radical (unpaired) electrons. The molecule has 3 heteroatoms. The molecule has 1 aliphatic rings. The molecule has 0 aromatic rings. The van der Waals surface area contributed by atoms with E-state index in [2.05, 4.69) is 37.9 Å². The van der Waals surface area contributed by atoms with Crippen LogP contribution in [0.25, 0.3) is 0 Å². The smallest absolute Gasteiger partial charge is 0.0791 e. The summed E-state index contributed by atoms with van der Waals surface area (Å²) in [5.41, 5.74) is 0.277. The first kappa shape index (κ1) is 13.9. The van der Waals surface area contributed by atoms with E-state index in [1.807, 2.05) is 0 Å². The minimum absolute atomic E-state index is 0.240. The van der Waals surface area contributed by atoms with Crippen LogP contribution in [0.1, 0.15) is 40.5 Å². The molecule has 1 aliphatic heterocycles. The van der Waals surface area contributed by atoms with E-state index in [4.69, 9.17) is 0 Å². The van der Waals surface area contributed by atoms with Gasteiger partial charge in [-0.05, 0) is 45.7 Å². The van der Waals surface area contributed by atoms with Crippen molar-refractivity contribution >= 4 is 0 Å². The van der Waals surface area contributed by atoms with Crippen molar-refractivity contribution in [3.8, 4) is 0 Å². The van der Waals surface area contributed by atoms with E-state index in [0.717, 1.165) is 19.6 Å². The third-order valence-electron chi connectivity index (χ3n) is 3.44. The normalized spacial score (nSPS) is 22.9. The lowest BCUT2D eigenvalue weighted by Crippen LogP contribution is -2.45. The zero-order chi connectivity index (χ0) is 12.2. The van der Waals surface area contributed by atoms with Crippen molar-refractivity contribution in [3.05, 3.63) is 0 Å². The molecule has 0 amide bonds. The summed E-state index contributed by atoms with van der Waals surface area (Å²) >= 11 is 0. The first-order valence-electron chi connectivity index (χ1n) is 6.55. The Morgan fingerprint density at radius 3 is 2.50 bits per heavy atom. The second kappa shape index (κ2) is 5.99. The summed E-state index contributed by atoms with van der Waals surface area (Å²) < 4.78 is 0. The molecule has 1 atom stereocenters. The van der Waals surface area contributed by atoms with Crippen molar-refractivity contribution in [1.82, 2.24) is 10.2 Å². The molecule has 0 aromatic carbocycles. The van der Waals surface area contributed by atoms with Gasteiger partial charge < -0.3 is 10.4 Å². The standard InChI is InChI=1S/C13H28N2O/c1-11(2)8-14-9-12(16)10-15-7-5-6-13(15,3)4/h11-12,14,16H,5-10H2,1-4H3. The molecular formula is C13H28N2O. The molecule has 1 unspecified atom stereocenters. The SMILES string of the molecule is CC(C)CNCC(O)CN1CCCC1(C)C. The molecule has 1 rings (SSSR count). The Morgan fingerprint density at radius 1 is 1.31 bits per heavy atom. The lowest BCUT2D eigenvalue weighted by molar-refractivity contribution is 0.0773. The highest BCUT2D eigenvalue weighted by Crippen LogP contribution is 2.27. The van der Waals surface area contributed by atoms with Crippen LogP contribution in [0.4, 0.5) is 0 Å². The van der Waals surface area contributed by atoms with Crippen LogP contribution in [0.2, 0.25) is 0 Å². The number of rotatable bonds is 6. The zero-order valence-electron chi connectivity index (χ0n) is 11.3. The number of aliphatic hydroxyl groups is 1. The highest BCUT2D eigenvalue weighted by Gasteiger charge is 2.32. The quantitative estimate of drug-likeness (QED) is 0.722. The lowest BCUT2D eigenvalue weighted by atomic mass is 10.0. The van der Waals surface area contributed by atoms with Crippen LogP contribution in [0.5, 0.6) is 0 Å². The Bertz CT molecular complexity index is 204. The van der Waals surface area contributed by atoms with Crippen LogP contribution in [-0.2, 0) is 0 Å². The summed E-state index contributed by atoms with van der Waals surface area (Å²) in [6, 6.07) is 0. The van der Waals surface area contributed by atoms with E-state index in [-0.39, 0.29) is 11.6 Å². The molecule has 3 nitrogen and oxygen atoms in total. The van der Waals surface area contributed by atoms with Gasteiger partial charge in [0, 0.05) is 18.6 Å². The Labute approximate surface area is 100 Å². The van der Waals surface area contributed by atoms with Crippen LogP contribution in [0.15, 0.2) is 0 Å². The summed E-state index contributed by atoms with van der Waals surface area (Å²) in [4.78, 5) is 2.41. The number of nitrogens with zero attached hydrogens (tertiary/aromatic N) is 1. The Hall–Kier alpha value is -0.120. The number of likely N-dealkylation sites (tertiary alicyclic amines) is 1. The maximum absolute atomic E-state index is 9.95. The van der Waals surface area contributed by atoms with Crippen molar-refractivity contribution in [2.45, 2.75) is 52.2 Å². The largest absolute Gasteiger partial charge is 0.390 e. The molecule has 0 aliphatic carbocycles. The third-order valence-corrected chi connectivity index (χ3v) is 3.44. The van der Waals surface area contributed by atoms with Gasteiger partial charge in [0.1, 0.15) is 0 Å². The van der Waals surface area contributed by atoms with E-state index in [0.29, 0.717) is 12.5 Å². The fourth-order valence-electron chi connectivity index (χ4n) is 2.36. The molecule has 1 fully saturated rings. The van der Waals surface area contributed by atoms with Gasteiger partial charge in [-0.1, -0.05) is 13.8 Å².